The smallest absolute Gasteiger partial charge is 0.317 e. The van der Waals surface area contributed by atoms with Gasteiger partial charge in [0.15, 0.2) is 9.84 Å². The number of hydrogen-bond donors (Lipinski definition) is 1. The summed E-state index contributed by atoms with van der Waals surface area (Å²) in [5, 5.41) is 2.85. The molecule has 0 saturated carbocycles. The molecule has 7 nitrogen and oxygen atoms in total. The van der Waals surface area contributed by atoms with Gasteiger partial charge in [0.1, 0.15) is 5.76 Å². The van der Waals surface area contributed by atoms with E-state index in [1.54, 1.807) is 13.3 Å². The Morgan fingerprint density at radius 3 is 2.68 bits per heavy atom. The molecule has 2 rings (SSSR count). The number of sulfone groups is 1. The second-order valence-corrected chi connectivity index (χ2v) is 8.08. The molecular formula is C14H23N3O4S. The minimum atomic E-state index is -3.00. The van der Waals surface area contributed by atoms with Crippen molar-refractivity contribution >= 4 is 15.9 Å². The third-order valence-electron chi connectivity index (χ3n) is 4.02. The van der Waals surface area contributed by atoms with Gasteiger partial charge in [0.05, 0.1) is 23.8 Å². The maximum absolute atomic E-state index is 12.2. The summed E-state index contributed by atoms with van der Waals surface area (Å²) in [6.07, 6.45) is 2.10. The van der Waals surface area contributed by atoms with Crippen LogP contribution in [0.25, 0.3) is 0 Å². The number of nitrogens with one attached hydrogen (secondary N) is 1. The molecule has 0 aromatic carbocycles. The predicted octanol–water partition coefficient (Wildman–Crippen LogP) is 0.711. The van der Waals surface area contributed by atoms with Crippen LogP contribution >= 0.6 is 0 Å². The first-order chi connectivity index (χ1) is 10.3. The summed E-state index contributed by atoms with van der Waals surface area (Å²) < 4.78 is 28.4. The molecule has 2 heterocycles. The fraction of sp³-hybridized carbons (Fsp3) is 0.643. The van der Waals surface area contributed by atoms with Gasteiger partial charge < -0.3 is 14.6 Å². The van der Waals surface area contributed by atoms with Crippen LogP contribution in [-0.2, 0) is 9.84 Å². The first-order valence-electron chi connectivity index (χ1n) is 7.21. The Kier molecular flexibility index (Phi) is 5.12. The zero-order chi connectivity index (χ0) is 16.3. The van der Waals surface area contributed by atoms with Crippen LogP contribution in [0.3, 0.4) is 0 Å². The van der Waals surface area contributed by atoms with E-state index in [1.807, 2.05) is 31.1 Å². The van der Waals surface area contributed by atoms with Crippen LogP contribution in [-0.4, -0.2) is 69.5 Å². The fourth-order valence-electron chi connectivity index (χ4n) is 2.57. The molecule has 8 heteroatoms. The number of amides is 2. The molecule has 1 aromatic heterocycles. The average molecular weight is 329 g/mol. The topological polar surface area (TPSA) is 82.9 Å². The van der Waals surface area contributed by atoms with Gasteiger partial charge in [0.2, 0.25) is 0 Å². The van der Waals surface area contributed by atoms with E-state index in [0.29, 0.717) is 13.0 Å². The molecule has 1 fully saturated rings. The highest BCUT2D eigenvalue weighted by Crippen LogP contribution is 2.19. The molecule has 1 saturated heterocycles. The summed E-state index contributed by atoms with van der Waals surface area (Å²) in [6, 6.07) is 3.10. The number of nitrogens with zero attached hydrogens (tertiary/aromatic N) is 2. The van der Waals surface area contributed by atoms with E-state index < -0.39 is 9.84 Å². The van der Waals surface area contributed by atoms with Crippen molar-refractivity contribution in [3.63, 3.8) is 0 Å². The van der Waals surface area contributed by atoms with E-state index in [-0.39, 0.29) is 29.6 Å². The molecular weight excluding hydrogens is 306 g/mol. The van der Waals surface area contributed by atoms with Crippen molar-refractivity contribution in [1.29, 1.82) is 0 Å². The highest BCUT2D eigenvalue weighted by Gasteiger charge is 2.33. The summed E-state index contributed by atoms with van der Waals surface area (Å²) in [4.78, 5) is 15.7. The molecule has 22 heavy (non-hydrogen) atoms. The standard InChI is InChI=1S/C14H23N3O4S/c1-16(2)12(13-5-4-7-21-13)9-15-14(18)17(3)11-6-8-22(19,20)10-11/h4-5,7,11-12H,6,8-10H2,1-3H3,(H,15,18)/t11-,12+/m1/s1. The van der Waals surface area contributed by atoms with Gasteiger partial charge in [-0.3, -0.25) is 4.90 Å². The van der Waals surface area contributed by atoms with Crippen LogP contribution in [0.1, 0.15) is 18.2 Å². The van der Waals surface area contributed by atoms with Crippen LogP contribution in [0.2, 0.25) is 0 Å². The van der Waals surface area contributed by atoms with Crippen molar-refractivity contribution in [2.24, 2.45) is 0 Å². The van der Waals surface area contributed by atoms with Gasteiger partial charge in [0, 0.05) is 19.6 Å². The lowest BCUT2D eigenvalue weighted by Crippen LogP contribution is -2.46. The maximum Gasteiger partial charge on any atom is 0.317 e. The molecule has 0 aliphatic carbocycles. The number of carbonyl (C=O) groups is 1. The fourth-order valence-corrected chi connectivity index (χ4v) is 4.35. The summed E-state index contributed by atoms with van der Waals surface area (Å²) in [6.45, 7) is 0.392. The Morgan fingerprint density at radius 1 is 1.45 bits per heavy atom. The number of urea groups is 1. The first kappa shape index (κ1) is 16.8. The molecule has 2 atom stereocenters. The Balaban J connectivity index is 1.91. The van der Waals surface area contributed by atoms with Gasteiger partial charge in [-0.1, -0.05) is 0 Å². The normalized spacial score (nSPS) is 21.7. The summed E-state index contributed by atoms with van der Waals surface area (Å²) >= 11 is 0. The van der Waals surface area contributed by atoms with Crippen molar-refractivity contribution < 1.29 is 17.6 Å². The van der Waals surface area contributed by atoms with Crippen LogP contribution < -0.4 is 5.32 Å². The summed E-state index contributed by atoms with van der Waals surface area (Å²) in [5.74, 6) is 0.977. The molecule has 1 aliphatic heterocycles. The highest BCUT2D eigenvalue weighted by molar-refractivity contribution is 7.91. The van der Waals surface area contributed by atoms with E-state index >= 15 is 0 Å². The molecule has 0 bridgehead atoms. The Labute approximate surface area is 131 Å². The molecule has 0 unspecified atom stereocenters. The van der Waals surface area contributed by atoms with Crippen molar-refractivity contribution in [2.45, 2.75) is 18.5 Å². The van der Waals surface area contributed by atoms with E-state index in [9.17, 15) is 13.2 Å². The van der Waals surface area contributed by atoms with E-state index in [0.717, 1.165) is 5.76 Å². The highest BCUT2D eigenvalue weighted by atomic mass is 32.2. The van der Waals surface area contributed by atoms with Gasteiger partial charge in [0.25, 0.3) is 0 Å². The van der Waals surface area contributed by atoms with Crippen molar-refractivity contribution in [2.75, 3.05) is 39.2 Å². The minimum absolute atomic E-state index is 0.0478. The van der Waals surface area contributed by atoms with Gasteiger partial charge in [-0.05, 0) is 32.6 Å². The molecule has 1 aromatic rings. The Bertz CT molecular complexity index is 598. The number of rotatable bonds is 5. The van der Waals surface area contributed by atoms with Gasteiger partial charge in [-0.25, -0.2) is 13.2 Å². The Morgan fingerprint density at radius 2 is 2.18 bits per heavy atom. The van der Waals surface area contributed by atoms with E-state index in [2.05, 4.69) is 5.32 Å². The Hall–Kier alpha value is -1.54. The second kappa shape index (κ2) is 6.70. The van der Waals surface area contributed by atoms with Crippen molar-refractivity contribution in [3.05, 3.63) is 24.2 Å². The molecule has 1 N–H and O–H groups in total. The summed E-state index contributed by atoms with van der Waals surface area (Å²) in [7, 11) is 2.46. The SMILES string of the molecule is CN(C)[C@@H](CNC(=O)N(C)[C@@H]1CCS(=O)(=O)C1)c1ccco1. The predicted molar refractivity (Wildman–Crippen MR) is 83.4 cm³/mol. The number of likely N-dealkylation sites (N-methyl/N-ethyl adjacent to an activating group) is 1. The van der Waals surface area contributed by atoms with Crippen molar-refractivity contribution in [1.82, 2.24) is 15.1 Å². The minimum Gasteiger partial charge on any atom is -0.468 e. The van der Waals surface area contributed by atoms with Crippen molar-refractivity contribution in [3.8, 4) is 0 Å². The van der Waals surface area contributed by atoms with E-state index in [1.165, 1.54) is 4.90 Å². The average Bonchev–Trinajstić information content (AvgIpc) is 3.07. The third-order valence-corrected chi connectivity index (χ3v) is 5.77. The lowest BCUT2D eigenvalue weighted by atomic mass is 10.2. The maximum atomic E-state index is 12.2. The quantitative estimate of drug-likeness (QED) is 0.860. The van der Waals surface area contributed by atoms with Crippen LogP contribution in [0, 0.1) is 0 Å². The monoisotopic (exact) mass is 329 g/mol. The van der Waals surface area contributed by atoms with Gasteiger partial charge >= 0.3 is 6.03 Å². The van der Waals surface area contributed by atoms with Crippen LogP contribution in [0.5, 0.6) is 0 Å². The lowest BCUT2D eigenvalue weighted by molar-refractivity contribution is 0.187. The van der Waals surface area contributed by atoms with Crippen LogP contribution in [0.4, 0.5) is 4.79 Å². The largest absolute Gasteiger partial charge is 0.468 e. The molecule has 1 aliphatic rings. The van der Waals surface area contributed by atoms with Gasteiger partial charge in [-0.15, -0.1) is 0 Å². The summed E-state index contributed by atoms with van der Waals surface area (Å²) in [5.41, 5.74) is 0. The number of furan rings is 1. The first-order valence-corrected chi connectivity index (χ1v) is 9.03. The number of hydrogen-bond acceptors (Lipinski definition) is 5. The van der Waals surface area contributed by atoms with E-state index in [4.69, 9.17) is 4.42 Å². The molecule has 124 valence electrons. The third kappa shape index (κ3) is 4.01. The molecule has 0 radical (unpaired) electrons. The zero-order valence-corrected chi connectivity index (χ0v) is 14.0. The molecule has 2 amide bonds. The lowest BCUT2D eigenvalue weighted by Gasteiger charge is -2.27. The number of carbonyl (C=O) groups excluding carboxylic acids is 1. The van der Waals surface area contributed by atoms with Crippen LogP contribution in [0.15, 0.2) is 22.8 Å². The zero-order valence-electron chi connectivity index (χ0n) is 13.2. The van der Waals surface area contributed by atoms with Gasteiger partial charge in [-0.2, -0.15) is 0 Å². The second-order valence-electron chi connectivity index (χ2n) is 5.85. The molecule has 0 spiro atoms.